The number of hydrogen-bond acceptors (Lipinski definition) is 2. The molecule has 1 aliphatic carbocycles. The van der Waals surface area contributed by atoms with Crippen LogP contribution < -0.4 is 5.32 Å². The molecule has 0 spiro atoms. The van der Waals surface area contributed by atoms with Crippen LogP contribution in [0, 0.1) is 17.0 Å². The zero-order valence-electron chi connectivity index (χ0n) is 11.1. The number of halogens is 2. The molecule has 0 unspecified atom stereocenters. The highest BCUT2D eigenvalue weighted by molar-refractivity contribution is 5.18. The molecule has 0 aromatic heterocycles. The third-order valence-corrected chi connectivity index (χ3v) is 4.10. The standard InChI is InChI=1S/C15H21F2NO/c16-13-6-4-5-12(14(13)17)9-18-10-15(11-19)7-2-1-3-8-15/h4-6,18-19H,1-3,7-11H2. The van der Waals surface area contributed by atoms with Gasteiger partial charge >= 0.3 is 0 Å². The molecule has 2 rings (SSSR count). The van der Waals surface area contributed by atoms with Crippen molar-refractivity contribution >= 4 is 0 Å². The summed E-state index contributed by atoms with van der Waals surface area (Å²) >= 11 is 0. The molecular weight excluding hydrogens is 248 g/mol. The van der Waals surface area contributed by atoms with Gasteiger partial charge < -0.3 is 10.4 Å². The second-order valence-corrected chi connectivity index (χ2v) is 5.54. The number of hydrogen-bond donors (Lipinski definition) is 2. The van der Waals surface area contributed by atoms with E-state index in [1.54, 1.807) is 6.07 Å². The van der Waals surface area contributed by atoms with Gasteiger partial charge in [0.25, 0.3) is 0 Å². The van der Waals surface area contributed by atoms with Crippen molar-refractivity contribution < 1.29 is 13.9 Å². The molecule has 4 heteroatoms. The molecule has 2 N–H and O–H groups in total. The zero-order chi connectivity index (χ0) is 13.7. The molecule has 1 aromatic rings. The van der Waals surface area contributed by atoms with Gasteiger partial charge in [-0.3, -0.25) is 0 Å². The minimum atomic E-state index is -0.811. The molecule has 0 amide bonds. The summed E-state index contributed by atoms with van der Waals surface area (Å²) in [5.41, 5.74) is 0.256. The van der Waals surface area contributed by atoms with Crippen LogP contribution in [0.4, 0.5) is 8.78 Å². The van der Waals surface area contributed by atoms with Crippen LogP contribution in [0.2, 0.25) is 0 Å². The molecule has 0 heterocycles. The summed E-state index contributed by atoms with van der Waals surface area (Å²) in [7, 11) is 0. The van der Waals surface area contributed by atoms with Gasteiger partial charge in [-0.05, 0) is 18.9 Å². The van der Waals surface area contributed by atoms with Crippen molar-refractivity contribution in [1.29, 1.82) is 0 Å². The second kappa shape index (κ2) is 6.44. The maximum absolute atomic E-state index is 13.5. The summed E-state index contributed by atoms with van der Waals surface area (Å²) in [6, 6.07) is 4.21. The Bertz CT molecular complexity index is 417. The van der Waals surface area contributed by atoms with Crippen molar-refractivity contribution in [1.82, 2.24) is 5.32 Å². The van der Waals surface area contributed by atoms with Gasteiger partial charge in [-0.2, -0.15) is 0 Å². The monoisotopic (exact) mass is 269 g/mol. The van der Waals surface area contributed by atoms with E-state index in [0.29, 0.717) is 18.7 Å². The van der Waals surface area contributed by atoms with Crippen LogP contribution in [0.1, 0.15) is 37.7 Å². The van der Waals surface area contributed by atoms with E-state index in [1.165, 1.54) is 12.5 Å². The molecule has 1 fully saturated rings. The Hall–Kier alpha value is -1.00. The van der Waals surface area contributed by atoms with Crippen molar-refractivity contribution in [2.75, 3.05) is 13.2 Å². The molecule has 0 radical (unpaired) electrons. The third-order valence-electron chi connectivity index (χ3n) is 4.10. The average Bonchev–Trinajstić information content (AvgIpc) is 2.44. The second-order valence-electron chi connectivity index (χ2n) is 5.54. The third kappa shape index (κ3) is 3.51. The summed E-state index contributed by atoms with van der Waals surface area (Å²) in [6.45, 7) is 1.11. The smallest absolute Gasteiger partial charge is 0.163 e. The van der Waals surface area contributed by atoms with Crippen LogP contribution >= 0.6 is 0 Å². The fourth-order valence-electron chi connectivity index (χ4n) is 2.84. The Morgan fingerprint density at radius 1 is 1.16 bits per heavy atom. The van der Waals surface area contributed by atoms with Crippen LogP contribution in [0.15, 0.2) is 18.2 Å². The predicted octanol–water partition coefficient (Wildman–Crippen LogP) is 3.00. The Morgan fingerprint density at radius 3 is 2.58 bits per heavy atom. The Morgan fingerprint density at radius 2 is 1.89 bits per heavy atom. The maximum Gasteiger partial charge on any atom is 0.163 e. The predicted molar refractivity (Wildman–Crippen MR) is 70.7 cm³/mol. The van der Waals surface area contributed by atoms with Crippen molar-refractivity contribution in [3.8, 4) is 0 Å². The zero-order valence-corrected chi connectivity index (χ0v) is 11.1. The highest BCUT2D eigenvalue weighted by Crippen LogP contribution is 2.35. The molecular formula is C15H21F2NO. The summed E-state index contributed by atoms with van der Waals surface area (Å²) in [5.74, 6) is -1.59. The first-order valence-corrected chi connectivity index (χ1v) is 6.91. The highest BCUT2D eigenvalue weighted by atomic mass is 19.2. The molecule has 0 saturated heterocycles. The van der Waals surface area contributed by atoms with Gasteiger partial charge in [-0.15, -0.1) is 0 Å². The van der Waals surface area contributed by atoms with Gasteiger partial charge in [0.15, 0.2) is 11.6 Å². The van der Waals surface area contributed by atoms with Crippen LogP contribution in [0.5, 0.6) is 0 Å². The molecule has 2 nitrogen and oxygen atoms in total. The molecule has 1 aliphatic rings. The van der Waals surface area contributed by atoms with Crippen molar-refractivity contribution in [2.45, 2.75) is 38.6 Å². The van der Waals surface area contributed by atoms with E-state index in [2.05, 4.69) is 5.32 Å². The van der Waals surface area contributed by atoms with Crippen LogP contribution in [-0.4, -0.2) is 18.3 Å². The van der Waals surface area contributed by atoms with E-state index in [1.807, 2.05) is 0 Å². The van der Waals surface area contributed by atoms with E-state index >= 15 is 0 Å². The lowest BCUT2D eigenvalue weighted by atomic mass is 9.74. The number of aliphatic hydroxyl groups is 1. The van der Waals surface area contributed by atoms with Crippen molar-refractivity contribution in [2.24, 2.45) is 5.41 Å². The van der Waals surface area contributed by atoms with Gasteiger partial charge in [0, 0.05) is 30.7 Å². The fourth-order valence-corrected chi connectivity index (χ4v) is 2.84. The quantitative estimate of drug-likeness (QED) is 0.861. The van der Waals surface area contributed by atoms with Crippen molar-refractivity contribution in [3.63, 3.8) is 0 Å². The van der Waals surface area contributed by atoms with Crippen LogP contribution in [0.3, 0.4) is 0 Å². The van der Waals surface area contributed by atoms with Gasteiger partial charge in [0.05, 0.1) is 0 Å². The Labute approximate surface area is 112 Å². The molecule has 0 atom stereocenters. The van der Waals surface area contributed by atoms with E-state index < -0.39 is 11.6 Å². The Balaban J connectivity index is 1.90. The van der Waals surface area contributed by atoms with E-state index in [9.17, 15) is 13.9 Å². The minimum Gasteiger partial charge on any atom is -0.396 e. The molecule has 0 aliphatic heterocycles. The van der Waals surface area contributed by atoms with Gasteiger partial charge in [0.2, 0.25) is 0 Å². The first-order chi connectivity index (χ1) is 9.17. The van der Waals surface area contributed by atoms with E-state index in [4.69, 9.17) is 0 Å². The normalized spacial score (nSPS) is 18.5. The minimum absolute atomic E-state index is 0.0813. The lowest BCUT2D eigenvalue weighted by molar-refractivity contribution is 0.0810. The van der Waals surface area contributed by atoms with Gasteiger partial charge in [0.1, 0.15) is 0 Å². The summed E-state index contributed by atoms with van der Waals surface area (Å²) in [5, 5.41) is 12.7. The van der Waals surface area contributed by atoms with E-state index in [0.717, 1.165) is 31.7 Å². The summed E-state index contributed by atoms with van der Waals surface area (Å²) in [4.78, 5) is 0. The number of aliphatic hydroxyl groups excluding tert-OH is 1. The molecule has 106 valence electrons. The fraction of sp³-hybridized carbons (Fsp3) is 0.600. The number of rotatable bonds is 5. The molecule has 1 saturated carbocycles. The first-order valence-electron chi connectivity index (χ1n) is 6.91. The van der Waals surface area contributed by atoms with Gasteiger partial charge in [-0.25, -0.2) is 8.78 Å². The molecule has 1 aromatic carbocycles. The summed E-state index contributed by atoms with van der Waals surface area (Å²) in [6.07, 6.45) is 5.50. The van der Waals surface area contributed by atoms with E-state index in [-0.39, 0.29) is 12.0 Å². The van der Waals surface area contributed by atoms with Gasteiger partial charge in [-0.1, -0.05) is 31.4 Å². The number of benzene rings is 1. The Kier molecular flexibility index (Phi) is 4.88. The van der Waals surface area contributed by atoms with Crippen LogP contribution in [-0.2, 0) is 6.54 Å². The lowest BCUT2D eigenvalue weighted by Gasteiger charge is -2.35. The SMILES string of the molecule is OCC1(CNCc2cccc(F)c2F)CCCCC1. The first kappa shape index (κ1) is 14.4. The topological polar surface area (TPSA) is 32.3 Å². The number of nitrogens with one attached hydrogen (secondary N) is 1. The summed E-state index contributed by atoms with van der Waals surface area (Å²) < 4.78 is 26.5. The molecule has 0 bridgehead atoms. The molecule has 19 heavy (non-hydrogen) atoms. The highest BCUT2D eigenvalue weighted by Gasteiger charge is 2.30. The maximum atomic E-state index is 13.5. The van der Waals surface area contributed by atoms with Crippen molar-refractivity contribution in [3.05, 3.63) is 35.4 Å². The van der Waals surface area contributed by atoms with Crippen LogP contribution in [0.25, 0.3) is 0 Å². The largest absolute Gasteiger partial charge is 0.396 e. The lowest BCUT2D eigenvalue weighted by Crippen LogP contribution is -2.39. The average molecular weight is 269 g/mol.